The fourth-order valence-corrected chi connectivity index (χ4v) is 5.76. The minimum Gasteiger partial charge on any atom is -0.481 e. The summed E-state index contributed by atoms with van der Waals surface area (Å²) in [5.74, 6) is -4.69. The molecule has 11 heteroatoms. The van der Waals surface area contributed by atoms with Crippen molar-refractivity contribution in [2.75, 3.05) is 0 Å². The molecule has 3 amide bonds. The molecule has 0 saturated heterocycles. The summed E-state index contributed by atoms with van der Waals surface area (Å²) >= 11 is 0. The lowest BCUT2D eigenvalue weighted by atomic mass is 9.94. The molecule has 0 spiro atoms. The SMILES string of the molecule is CC(C)C[C@H](NC(=O)[C@H]1Cc2c([nH]c3ccccc23)CN1C(=O)c1ccc2ccccc2c1)C(=O)N[C@@H](CC(=O)O)C(=O)O. The molecule has 5 N–H and O–H groups in total. The standard InChI is InChI=1S/C33H34N4O7/c1-18(2)13-25(30(40)36-26(33(43)44)16-29(38)39)35-31(41)28-15-23-22-9-5-6-10-24(22)34-27(23)17-37(28)32(42)21-12-11-19-7-3-4-8-20(19)14-21/h3-12,14,18,25-26,28,34H,13,15-17H2,1-2H3,(H,35,41)(H,36,40)(H,38,39)(H,43,44)/t25-,26-,28+/m0/s1. The van der Waals surface area contributed by atoms with Crippen molar-refractivity contribution in [1.82, 2.24) is 20.5 Å². The monoisotopic (exact) mass is 598 g/mol. The molecule has 2 heterocycles. The minimum atomic E-state index is -1.67. The zero-order valence-corrected chi connectivity index (χ0v) is 24.4. The Morgan fingerprint density at radius 2 is 1.61 bits per heavy atom. The number of nitrogens with zero attached hydrogens (tertiary/aromatic N) is 1. The molecule has 228 valence electrons. The highest BCUT2D eigenvalue weighted by Gasteiger charge is 2.39. The molecule has 1 aromatic heterocycles. The average molecular weight is 599 g/mol. The predicted octanol–water partition coefficient (Wildman–Crippen LogP) is 3.46. The van der Waals surface area contributed by atoms with Gasteiger partial charge in [0.05, 0.1) is 13.0 Å². The van der Waals surface area contributed by atoms with Gasteiger partial charge in [-0.25, -0.2) is 4.79 Å². The van der Waals surface area contributed by atoms with Gasteiger partial charge in [-0.1, -0.05) is 62.4 Å². The Balaban J connectivity index is 1.47. The number of aliphatic carboxylic acids is 2. The van der Waals surface area contributed by atoms with Gasteiger partial charge >= 0.3 is 11.9 Å². The van der Waals surface area contributed by atoms with E-state index in [1.807, 2.05) is 68.4 Å². The summed E-state index contributed by atoms with van der Waals surface area (Å²) < 4.78 is 0. The number of benzene rings is 3. The lowest BCUT2D eigenvalue weighted by Crippen LogP contribution is -2.58. The Morgan fingerprint density at radius 1 is 0.909 bits per heavy atom. The van der Waals surface area contributed by atoms with Gasteiger partial charge in [0.1, 0.15) is 18.1 Å². The van der Waals surface area contributed by atoms with Crippen LogP contribution >= 0.6 is 0 Å². The molecule has 44 heavy (non-hydrogen) atoms. The van der Waals surface area contributed by atoms with Crippen LogP contribution in [0, 0.1) is 5.92 Å². The van der Waals surface area contributed by atoms with Crippen LogP contribution < -0.4 is 10.6 Å². The van der Waals surface area contributed by atoms with E-state index in [1.54, 1.807) is 12.1 Å². The van der Waals surface area contributed by atoms with Crippen molar-refractivity contribution >= 4 is 51.3 Å². The van der Waals surface area contributed by atoms with E-state index in [0.29, 0.717) is 5.56 Å². The van der Waals surface area contributed by atoms with Crippen LogP contribution in [0.3, 0.4) is 0 Å². The topological polar surface area (TPSA) is 169 Å². The summed E-state index contributed by atoms with van der Waals surface area (Å²) in [5.41, 5.74) is 3.02. The highest BCUT2D eigenvalue weighted by atomic mass is 16.4. The highest BCUT2D eigenvalue weighted by Crippen LogP contribution is 2.32. The van der Waals surface area contributed by atoms with Gasteiger partial charge in [-0.3, -0.25) is 19.2 Å². The Hall–Kier alpha value is -5.19. The Labute approximate surface area is 253 Å². The van der Waals surface area contributed by atoms with Gasteiger partial charge in [0.15, 0.2) is 0 Å². The first-order chi connectivity index (χ1) is 21.0. The molecule has 0 saturated carbocycles. The molecule has 0 aliphatic carbocycles. The fraction of sp³-hybridized carbons (Fsp3) is 0.303. The second-order valence-electron chi connectivity index (χ2n) is 11.5. The van der Waals surface area contributed by atoms with Gasteiger partial charge in [0.2, 0.25) is 11.8 Å². The number of carbonyl (C=O) groups is 5. The predicted molar refractivity (Wildman–Crippen MR) is 163 cm³/mol. The van der Waals surface area contributed by atoms with Crippen LogP contribution in [0.4, 0.5) is 0 Å². The van der Waals surface area contributed by atoms with Crippen molar-refractivity contribution in [3.05, 3.63) is 83.6 Å². The second-order valence-corrected chi connectivity index (χ2v) is 11.5. The number of aromatic amines is 1. The van der Waals surface area contributed by atoms with E-state index in [4.69, 9.17) is 5.11 Å². The van der Waals surface area contributed by atoms with Crippen LogP contribution in [0.1, 0.15) is 48.3 Å². The van der Waals surface area contributed by atoms with Gasteiger partial charge in [0.25, 0.3) is 5.91 Å². The number of para-hydroxylation sites is 1. The number of amides is 3. The van der Waals surface area contributed by atoms with Crippen molar-refractivity contribution < 1.29 is 34.2 Å². The molecule has 3 aromatic carbocycles. The highest BCUT2D eigenvalue weighted by molar-refractivity contribution is 6.02. The summed E-state index contributed by atoms with van der Waals surface area (Å²) in [6, 6.07) is 16.9. The first-order valence-corrected chi connectivity index (χ1v) is 14.5. The minimum absolute atomic E-state index is 0.0734. The lowest BCUT2D eigenvalue weighted by molar-refractivity contribution is -0.147. The molecule has 4 aromatic rings. The quantitative estimate of drug-likeness (QED) is 0.186. The van der Waals surface area contributed by atoms with Crippen molar-refractivity contribution in [1.29, 1.82) is 0 Å². The molecule has 3 atom stereocenters. The van der Waals surface area contributed by atoms with E-state index >= 15 is 0 Å². The van der Waals surface area contributed by atoms with Gasteiger partial charge in [-0.2, -0.15) is 0 Å². The zero-order valence-electron chi connectivity index (χ0n) is 24.4. The first-order valence-electron chi connectivity index (χ1n) is 14.5. The lowest BCUT2D eigenvalue weighted by Gasteiger charge is -2.36. The Kier molecular flexibility index (Phi) is 8.66. The molecular formula is C33H34N4O7. The van der Waals surface area contributed by atoms with Crippen molar-refractivity contribution in [3.63, 3.8) is 0 Å². The largest absolute Gasteiger partial charge is 0.481 e. The molecule has 1 aliphatic rings. The third kappa shape index (κ3) is 6.41. The van der Waals surface area contributed by atoms with Crippen LogP contribution in [0.2, 0.25) is 0 Å². The number of fused-ring (bicyclic) bond motifs is 4. The molecule has 1 aliphatic heterocycles. The molecular weight excluding hydrogens is 564 g/mol. The Bertz CT molecular complexity index is 1760. The zero-order chi connectivity index (χ0) is 31.5. The summed E-state index contributed by atoms with van der Waals surface area (Å²) in [5, 5.41) is 26.3. The summed E-state index contributed by atoms with van der Waals surface area (Å²) in [6.45, 7) is 3.81. The molecule has 5 rings (SSSR count). The van der Waals surface area contributed by atoms with Gasteiger partial charge in [-0.05, 0) is 46.9 Å². The fourth-order valence-electron chi connectivity index (χ4n) is 5.76. The van der Waals surface area contributed by atoms with Gasteiger partial charge < -0.3 is 30.7 Å². The number of H-pyrrole nitrogens is 1. The van der Waals surface area contributed by atoms with Crippen LogP contribution in [-0.4, -0.2) is 67.9 Å². The molecule has 0 bridgehead atoms. The second kappa shape index (κ2) is 12.6. The average Bonchev–Trinajstić information content (AvgIpc) is 3.36. The van der Waals surface area contributed by atoms with Crippen LogP contribution in [0.15, 0.2) is 66.7 Å². The van der Waals surface area contributed by atoms with Gasteiger partial charge in [-0.15, -0.1) is 0 Å². The van der Waals surface area contributed by atoms with Crippen LogP contribution in [-0.2, 0) is 32.1 Å². The number of hydrogen-bond donors (Lipinski definition) is 5. The third-order valence-corrected chi connectivity index (χ3v) is 7.90. The van der Waals surface area contributed by atoms with Crippen molar-refractivity contribution in [3.8, 4) is 0 Å². The molecule has 11 nitrogen and oxygen atoms in total. The summed E-state index contributed by atoms with van der Waals surface area (Å²) in [7, 11) is 0. The normalized spacial score (nSPS) is 15.9. The number of nitrogens with one attached hydrogen (secondary N) is 3. The van der Waals surface area contributed by atoms with E-state index < -0.39 is 48.3 Å². The number of hydrogen-bond acceptors (Lipinski definition) is 5. The number of carboxylic acid groups (broad SMARTS) is 2. The molecule has 0 unspecified atom stereocenters. The number of carboxylic acids is 2. The number of carbonyl (C=O) groups excluding carboxylic acids is 3. The van der Waals surface area contributed by atoms with E-state index in [1.165, 1.54) is 4.90 Å². The smallest absolute Gasteiger partial charge is 0.326 e. The van der Waals surface area contributed by atoms with Crippen molar-refractivity contribution in [2.24, 2.45) is 5.92 Å². The van der Waals surface area contributed by atoms with E-state index in [-0.39, 0.29) is 31.2 Å². The van der Waals surface area contributed by atoms with Crippen LogP contribution in [0.5, 0.6) is 0 Å². The summed E-state index contributed by atoms with van der Waals surface area (Å²) in [6.07, 6.45) is -0.457. The number of rotatable bonds is 10. The third-order valence-electron chi connectivity index (χ3n) is 7.90. The number of aromatic nitrogens is 1. The van der Waals surface area contributed by atoms with Crippen LogP contribution in [0.25, 0.3) is 21.7 Å². The van der Waals surface area contributed by atoms with Crippen molar-refractivity contribution in [2.45, 2.75) is 57.8 Å². The maximum atomic E-state index is 14.0. The maximum Gasteiger partial charge on any atom is 0.326 e. The maximum absolute atomic E-state index is 14.0. The van der Waals surface area contributed by atoms with E-state index in [0.717, 1.165) is 32.9 Å². The van der Waals surface area contributed by atoms with Gasteiger partial charge in [0, 0.05) is 28.6 Å². The van der Waals surface area contributed by atoms with E-state index in [9.17, 15) is 29.1 Å². The molecule has 0 fully saturated rings. The Morgan fingerprint density at radius 3 is 2.32 bits per heavy atom. The first kappa shape index (κ1) is 30.3. The summed E-state index contributed by atoms with van der Waals surface area (Å²) in [4.78, 5) is 68.9. The molecule has 0 radical (unpaired) electrons. The van der Waals surface area contributed by atoms with E-state index in [2.05, 4.69) is 15.6 Å².